The number of carbonyl (C=O) groups is 1. The summed E-state index contributed by atoms with van der Waals surface area (Å²) in [6, 6.07) is 6.49. The van der Waals surface area contributed by atoms with Crippen LogP contribution in [0.2, 0.25) is 0 Å². The van der Waals surface area contributed by atoms with Crippen LogP contribution in [0, 0.1) is 0 Å². The fourth-order valence-corrected chi connectivity index (χ4v) is 2.95. The van der Waals surface area contributed by atoms with Crippen molar-refractivity contribution in [2.75, 3.05) is 0 Å². The van der Waals surface area contributed by atoms with Crippen molar-refractivity contribution in [1.82, 2.24) is 4.57 Å². The van der Waals surface area contributed by atoms with E-state index in [1.807, 2.05) is 6.92 Å². The molecular formula is C15H17NO2. The van der Waals surface area contributed by atoms with Gasteiger partial charge in [0.1, 0.15) is 0 Å². The summed E-state index contributed by atoms with van der Waals surface area (Å²) in [5.41, 5.74) is 3.86. The number of aromatic nitrogens is 1. The van der Waals surface area contributed by atoms with Crippen molar-refractivity contribution in [2.45, 2.75) is 38.6 Å². The van der Waals surface area contributed by atoms with Crippen molar-refractivity contribution in [3.05, 3.63) is 35.5 Å². The average molecular weight is 243 g/mol. The monoisotopic (exact) mass is 243 g/mol. The SMILES string of the molecule is CC(CC(=O)O)c1cc2c3c(ccn3CCC2)c1. The van der Waals surface area contributed by atoms with E-state index >= 15 is 0 Å². The summed E-state index contributed by atoms with van der Waals surface area (Å²) in [4.78, 5) is 10.8. The third-order valence-electron chi connectivity index (χ3n) is 3.86. The van der Waals surface area contributed by atoms with Crippen molar-refractivity contribution in [2.24, 2.45) is 0 Å². The Morgan fingerprint density at radius 2 is 2.33 bits per heavy atom. The predicted molar refractivity (Wildman–Crippen MR) is 70.9 cm³/mol. The van der Waals surface area contributed by atoms with E-state index in [-0.39, 0.29) is 12.3 Å². The van der Waals surface area contributed by atoms with Gasteiger partial charge in [0, 0.05) is 18.1 Å². The molecule has 0 radical (unpaired) electrons. The van der Waals surface area contributed by atoms with Crippen LogP contribution in [0.4, 0.5) is 0 Å². The molecule has 0 amide bonds. The molecule has 1 unspecified atom stereocenters. The maximum absolute atomic E-state index is 10.8. The normalized spacial score (nSPS) is 15.8. The van der Waals surface area contributed by atoms with Crippen LogP contribution in [-0.2, 0) is 17.8 Å². The average Bonchev–Trinajstić information content (AvgIpc) is 2.74. The minimum atomic E-state index is -0.728. The molecule has 1 aromatic carbocycles. The van der Waals surface area contributed by atoms with Crippen LogP contribution >= 0.6 is 0 Å². The van der Waals surface area contributed by atoms with Gasteiger partial charge in [-0.1, -0.05) is 13.0 Å². The second-order valence-corrected chi connectivity index (χ2v) is 5.23. The molecular weight excluding hydrogens is 226 g/mol. The fourth-order valence-electron chi connectivity index (χ4n) is 2.95. The summed E-state index contributed by atoms with van der Waals surface area (Å²) in [5, 5.41) is 10.1. The molecule has 1 aromatic heterocycles. The standard InChI is InChI=1S/C15H17NO2/c1-10(7-14(17)18)13-8-11-3-2-5-16-6-4-12(9-13)15(11)16/h4,6,8-10H,2-3,5,7H2,1H3,(H,17,18). The minimum Gasteiger partial charge on any atom is -0.481 e. The van der Waals surface area contributed by atoms with Crippen LogP contribution in [0.15, 0.2) is 24.4 Å². The van der Waals surface area contributed by atoms with E-state index in [2.05, 4.69) is 29.0 Å². The molecule has 1 atom stereocenters. The van der Waals surface area contributed by atoms with E-state index in [1.165, 1.54) is 22.9 Å². The number of benzene rings is 1. The lowest BCUT2D eigenvalue weighted by atomic mass is 9.92. The fraction of sp³-hybridized carbons (Fsp3) is 0.400. The topological polar surface area (TPSA) is 42.2 Å². The van der Waals surface area contributed by atoms with Crippen molar-refractivity contribution in [3.63, 3.8) is 0 Å². The number of hydrogen-bond donors (Lipinski definition) is 1. The number of rotatable bonds is 3. The highest BCUT2D eigenvalue weighted by molar-refractivity contribution is 5.85. The molecule has 0 saturated heterocycles. The molecule has 3 nitrogen and oxygen atoms in total. The number of aliphatic carboxylic acids is 1. The minimum absolute atomic E-state index is 0.0772. The van der Waals surface area contributed by atoms with Crippen molar-refractivity contribution < 1.29 is 9.90 Å². The van der Waals surface area contributed by atoms with E-state index in [0.29, 0.717) is 0 Å². The molecule has 2 aromatic rings. The van der Waals surface area contributed by atoms with Gasteiger partial charge in [0.25, 0.3) is 0 Å². The van der Waals surface area contributed by atoms with Crippen LogP contribution in [0.3, 0.4) is 0 Å². The first-order valence-corrected chi connectivity index (χ1v) is 6.48. The molecule has 0 aliphatic carbocycles. The van der Waals surface area contributed by atoms with Gasteiger partial charge in [-0.2, -0.15) is 0 Å². The van der Waals surface area contributed by atoms with Gasteiger partial charge >= 0.3 is 5.97 Å². The Balaban J connectivity index is 2.07. The van der Waals surface area contributed by atoms with Crippen LogP contribution in [0.25, 0.3) is 10.9 Å². The Morgan fingerprint density at radius 1 is 1.50 bits per heavy atom. The van der Waals surface area contributed by atoms with Gasteiger partial charge in [0.05, 0.1) is 11.9 Å². The summed E-state index contributed by atoms with van der Waals surface area (Å²) in [5.74, 6) is -0.651. The number of hydrogen-bond acceptors (Lipinski definition) is 1. The van der Waals surface area contributed by atoms with Gasteiger partial charge in [0.2, 0.25) is 0 Å². The lowest BCUT2D eigenvalue weighted by Crippen LogP contribution is -2.08. The molecule has 0 bridgehead atoms. The second kappa shape index (κ2) is 4.16. The lowest BCUT2D eigenvalue weighted by molar-refractivity contribution is -0.137. The quantitative estimate of drug-likeness (QED) is 0.899. The van der Waals surface area contributed by atoms with Gasteiger partial charge < -0.3 is 9.67 Å². The number of aryl methyl sites for hydroxylation is 2. The Bertz CT molecular complexity index is 612. The molecule has 0 saturated carbocycles. The summed E-state index contributed by atoms with van der Waals surface area (Å²) in [6.45, 7) is 3.09. The number of nitrogens with zero attached hydrogens (tertiary/aromatic N) is 1. The molecule has 0 fully saturated rings. The third kappa shape index (κ3) is 1.80. The summed E-state index contributed by atoms with van der Waals surface area (Å²) in [7, 11) is 0. The maximum atomic E-state index is 10.8. The van der Waals surface area contributed by atoms with E-state index in [9.17, 15) is 4.79 Å². The smallest absolute Gasteiger partial charge is 0.303 e. The molecule has 18 heavy (non-hydrogen) atoms. The summed E-state index contributed by atoms with van der Waals surface area (Å²) < 4.78 is 2.31. The Labute approximate surface area is 106 Å². The molecule has 1 N–H and O–H groups in total. The van der Waals surface area contributed by atoms with Gasteiger partial charge in [-0.05, 0) is 42.0 Å². The predicted octanol–water partition coefficient (Wildman–Crippen LogP) is 3.17. The first-order chi connectivity index (χ1) is 8.65. The Hall–Kier alpha value is -1.77. The molecule has 2 heterocycles. The first kappa shape index (κ1) is 11.3. The van der Waals surface area contributed by atoms with Gasteiger partial charge in [0.15, 0.2) is 0 Å². The summed E-state index contributed by atoms with van der Waals surface area (Å²) >= 11 is 0. The van der Waals surface area contributed by atoms with Gasteiger partial charge in [-0.15, -0.1) is 0 Å². The first-order valence-electron chi connectivity index (χ1n) is 6.48. The van der Waals surface area contributed by atoms with E-state index in [4.69, 9.17) is 5.11 Å². The second-order valence-electron chi connectivity index (χ2n) is 5.23. The van der Waals surface area contributed by atoms with Crippen molar-refractivity contribution in [3.8, 4) is 0 Å². The molecule has 1 aliphatic rings. The van der Waals surface area contributed by atoms with Crippen molar-refractivity contribution >= 4 is 16.9 Å². The highest BCUT2D eigenvalue weighted by Gasteiger charge is 2.17. The zero-order chi connectivity index (χ0) is 12.7. The van der Waals surface area contributed by atoms with Crippen LogP contribution in [0.1, 0.15) is 36.8 Å². The highest BCUT2D eigenvalue weighted by atomic mass is 16.4. The zero-order valence-corrected chi connectivity index (χ0v) is 10.5. The number of carboxylic acids is 1. The molecule has 3 heteroatoms. The highest BCUT2D eigenvalue weighted by Crippen LogP contribution is 2.31. The van der Waals surface area contributed by atoms with Crippen LogP contribution in [0.5, 0.6) is 0 Å². The molecule has 3 rings (SSSR count). The summed E-state index contributed by atoms with van der Waals surface area (Å²) in [6.07, 6.45) is 4.62. The van der Waals surface area contributed by atoms with E-state index < -0.39 is 5.97 Å². The number of carboxylic acid groups (broad SMARTS) is 1. The Morgan fingerprint density at radius 3 is 3.11 bits per heavy atom. The molecule has 0 spiro atoms. The third-order valence-corrected chi connectivity index (χ3v) is 3.86. The maximum Gasteiger partial charge on any atom is 0.303 e. The van der Waals surface area contributed by atoms with Crippen LogP contribution < -0.4 is 0 Å². The molecule has 1 aliphatic heterocycles. The molecule has 94 valence electrons. The lowest BCUT2D eigenvalue weighted by Gasteiger charge is -2.18. The zero-order valence-electron chi connectivity index (χ0n) is 10.5. The Kier molecular flexibility index (Phi) is 2.62. The van der Waals surface area contributed by atoms with Gasteiger partial charge in [-0.25, -0.2) is 0 Å². The largest absolute Gasteiger partial charge is 0.481 e. The van der Waals surface area contributed by atoms with Crippen LogP contribution in [-0.4, -0.2) is 15.6 Å². The van der Waals surface area contributed by atoms with E-state index in [0.717, 1.165) is 18.5 Å². The van der Waals surface area contributed by atoms with Crippen molar-refractivity contribution in [1.29, 1.82) is 0 Å². The van der Waals surface area contributed by atoms with Gasteiger partial charge in [-0.3, -0.25) is 4.79 Å². The van der Waals surface area contributed by atoms with E-state index in [1.54, 1.807) is 0 Å².